The predicted molar refractivity (Wildman–Crippen MR) is 97.0 cm³/mol. The van der Waals surface area contributed by atoms with Gasteiger partial charge in [0.15, 0.2) is 5.76 Å². The summed E-state index contributed by atoms with van der Waals surface area (Å²) in [6.07, 6.45) is 1.58. The van der Waals surface area contributed by atoms with Gasteiger partial charge in [0.2, 0.25) is 0 Å². The molecule has 4 heteroatoms. The Balaban J connectivity index is 2.02. The van der Waals surface area contributed by atoms with E-state index < -0.39 is 0 Å². The molecule has 0 aliphatic heterocycles. The summed E-state index contributed by atoms with van der Waals surface area (Å²) in [5, 5.41) is 10.4. The molecule has 0 saturated carbocycles. The fourth-order valence-electron chi connectivity index (χ4n) is 2.79. The molecule has 0 amide bonds. The summed E-state index contributed by atoms with van der Waals surface area (Å²) in [5.41, 5.74) is 2.77. The van der Waals surface area contributed by atoms with Crippen LogP contribution in [0.3, 0.4) is 0 Å². The van der Waals surface area contributed by atoms with E-state index in [4.69, 9.17) is 20.4 Å². The Kier molecular flexibility index (Phi) is 3.89. The number of furan rings is 2. The van der Waals surface area contributed by atoms with Crippen molar-refractivity contribution in [2.24, 2.45) is 0 Å². The normalized spacial score (nSPS) is 10.6. The van der Waals surface area contributed by atoms with Crippen molar-refractivity contribution in [3.05, 3.63) is 83.6 Å². The van der Waals surface area contributed by atoms with Gasteiger partial charge in [-0.3, -0.25) is 0 Å². The van der Waals surface area contributed by atoms with Crippen LogP contribution in [0, 0.1) is 11.3 Å². The molecule has 0 radical (unpaired) electrons. The van der Waals surface area contributed by atoms with Crippen LogP contribution in [0.5, 0.6) is 0 Å². The Bertz CT molecular complexity index is 1040. The van der Waals surface area contributed by atoms with Crippen LogP contribution in [-0.4, -0.2) is 0 Å². The summed E-state index contributed by atoms with van der Waals surface area (Å²) >= 11 is 6.00. The summed E-state index contributed by atoms with van der Waals surface area (Å²) in [7, 11) is 0. The summed E-state index contributed by atoms with van der Waals surface area (Å²) in [4.78, 5) is 0. The summed E-state index contributed by atoms with van der Waals surface area (Å²) in [6, 6.07) is 22.8. The summed E-state index contributed by atoms with van der Waals surface area (Å²) < 4.78 is 11.7. The van der Waals surface area contributed by atoms with Crippen molar-refractivity contribution in [1.29, 1.82) is 5.26 Å². The average molecular weight is 346 g/mol. The van der Waals surface area contributed by atoms with E-state index in [1.165, 1.54) is 0 Å². The van der Waals surface area contributed by atoms with Gasteiger partial charge < -0.3 is 8.83 Å². The van der Waals surface area contributed by atoms with Gasteiger partial charge in [0.1, 0.15) is 23.2 Å². The Hall–Kier alpha value is -3.22. The van der Waals surface area contributed by atoms with E-state index in [-0.39, 0.29) is 0 Å². The van der Waals surface area contributed by atoms with Crippen LogP contribution in [0.15, 0.2) is 81.8 Å². The van der Waals surface area contributed by atoms with Crippen molar-refractivity contribution < 1.29 is 8.83 Å². The number of hydrogen-bond donors (Lipinski definition) is 0. The Morgan fingerprint density at radius 2 is 1.52 bits per heavy atom. The predicted octanol–water partition coefficient (Wildman–Crippen LogP) is 6.40. The third-order valence-corrected chi connectivity index (χ3v) is 4.18. The molecule has 0 spiro atoms. The highest BCUT2D eigenvalue weighted by Crippen LogP contribution is 2.43. The Labute approximate surface area is 149 Å². The molecule has 0 aliphatic rings. The van der Waals surface area contributed by atoms with E-state index in [9.17, 15) is 5.26 Å². The molecule has 2 heterocycles. The van der Waals surface area contributed by atoms with E-state index in [0.29, 0.717) is 33.4 Å². The third kappa shape index (κ3) is 2.73. The summed E-state index contributed by atoms with van der Waals surface area (Å²) in [6.45, 7) is 0. The lowest BCUT2D eigenvalue weighted by Gasteiger charge is -2.01. The largest absolute Gasteiger partial charge is 0.464 e. The minimum absolute atomic E-state index is 0.450. The van der Waals surface area contributed by atoms with Crippen LogP contribution in [0.2, 0.25) is 5.02 Å². The molecule has 2 aromatic carbocycles. The molecule has 4 aromatic rings. The van der Waals surface area contributed by atoms with Crippen LogP contribution in [-0.2, 0) is 0 Å². The molecule has 4 rings (SSSR count). The minimum Gasteiger partial charge on any atom is -0.464 e. The molecule has 0 atom stereocenters. The van der Waals surface area contributed by atoms with Crippen molar-refractivity contribution in [3.63, 3.8) is 0 Å². The van der Waals surface area contributed by atoms with Gasteiger partial charge in [-0.25, -0.2) is 0 Å². The zero-order chi connectivity index (χ0) is 17.2. The SMILES string of the molecule is N#Cc1c(-c2ccccc2)oc(-c2ccc(Cl)cc2)c1-c1ccco1. The number of halogens is 1. The molecule has 0 aliphatic carbocycles. The minimum atomic E-state index is 0.450. The van der Waals surface area contributed by atoms with Crippen LogP contribution in [0.25, 0.3) is 34.0 Å². The molecule has 120 valence electrons. The number of benzene rings is 2. The lowest BCUT2D eigenvalue weighted by atomic mass is 10.0. The molecule has 3 nitrogen and oxygen atoms in total. The third-order valence-electron chi connectivity index (χ3n) is 3.93. The number of hydrogen-bond acceptors (Lipinski definition) is 3. The standard InChI is InChI=1S/C21H12ClNO2/c22-16-10-8-15(9-11-16)21-19(18-7-4-12-24-18)17(13-23)20(25-21)14-5-2-1-3-6-14/h1-12H. The van der Waals surface area contributed by atoms with Gasteiger partial charge >= 0.3 is 0 Å². The summed E-state index contributed by atoms with van der Waals surface area (Å²) in [5.74, 6) is 1.70. The quantitative estimate of drug-likeness (QED) is 0.431. The molecule has 0 saturated heterocycles. The molecule has 25 heavy (non-hydrogen) atoms. The van der Waals surface area contributed by atoms with E-state index in [1.807, 2.05) is 48.5 Å². The van der Waals surface area contributed by atoms with Gasteiger partial charge in [0.05, 0.1) is 11.8 Å². The van der Waals surface area contributed by atoms with Gasteiger partial charge in [0, 0.05) is 16.1 Å². The van der Waals surface area contributed by atoms with Crippen molar-refractivity contribution in [2.75, 3.05) is 0 Å². The first-order valence-electron chi connectivity index (χ1n) is 7.70. The van der Waals surface area contributed by atoms with Crippen molar-refractivity contribution >= 4 is 11.6 Å². The van der Waals surface area contributed by atoms with Gasteiger partial charge in [-0.1, -0.05) is 41.9 Å². The van der Waals surface area contributed by atoms with E-state index in [2.05, 4.69) is 6.07 Å². The first-order valence-corrected chi connectivity index (χ1v) is 8.08. The van der Waals surface area contributed by atoms with Gasteiger partial charge in [-0.2, -0.15) is 5.26 Å². The zero-order valence-electron chi connectivity index (χ0n) is 13.1. The lowest BCUT2D eigenvalue weighted by molar-refractivity contribution is 0.576. The average Bonchev–Trinajstić information content (AvgIpc) is 3.30. The molecule has 0 N–H and O–H groups in total. The molecule has 0 fully saturated rings. The zero-order valence-corrected chi connectivity index (χ0v) is 13.8. The fourth-order valence-corrected chi connectivity index (χ4v) is 2.92. The van der Waals surface area contributed by atoms with E-state index >= 15 is 0 Å². The second-order valence-electron chi connectivity index (χ2n) is 5.47. The number of nitrogens with zero attached hydrogens (tertiary/aromatic N) is 1. The topological polar surface area (TPSA) is 50.1 Å². The molecular weight excluding hydrogens is 334 g/mol. The first-order chi connectivity index (χ1) is 12.3. The van der Waals surface area contributed by atoms with Gasteiger partial charge in [-0.15, -0.1) is 0 Å². The smallest absolute Gasteiger partial charge is 0.153 e. The maximum absolute atomic E-state index is 9.79. The van der Waals surface area contributed by atoms with Crippen molar-refractivity contribution in [1.82, 2.24) is 0 Å². The molecular formula is C21H12ClNO2. The Morgan fingerprint density at radius 1 is 0.800 bits per heavy atom. The Morgan fingerprint density at radius 3 is 2.16 bits per heavy atom. The highest BCUT2D eigenvalue weighted by molar-refractivity contribution is 6.30. The highest BCUT2D eigenvalue weighted by Gasteiger charge is 2.25. The number of rotatable bonds is 3. The van der Waals surface area contributed by atoms with Crippen LogP contribution in [0.1, 0.15) is 5.56 Å². The van der Waals surface area contributed by atoms with Crippen LogP contribution >= 0.6 is 11.6 Å². The molecule has 0 unspecified atom stereocenters. The monoisotopic (exact) mass is 345 g/mol. The second-order valence-corrected chi connectivity index (χ2v) is 5.91. The maximum Gasteiger partial charge on any atom is 0.153 e. The second kappa shape index (κ2) is 6.35. The molecule has 2 aromatic heterocycles. The molecule has 0 bridgehead atoms. The van der Waals surface area contributed by atoms with Crippen molar-refractivity contribution in [3.8, 4) is 40.0 Å². The van der Waals surface area contributed by atoms with E-state index in [1.54, 1.807) is 24.5 Å². The number of nitriles is 1. The van der Waals surface area contributed by atoms with Crippen LogP contribution in [0.4, 0.5) is 0 Å². The fraction of sp³-hybridized carbons (Fsp3) is 0. The van der Waals surface area contributed by atoms with Gasteiger partial charge in [0.25, 0.3) is 0 Å². The first kappa shape index (κ1) is 15.3. The maximum atomic E-state index is 9.79. The van der Waals surface area contributed by atoms with Crippen LogP contribution < -0.4 is 0 Å². The van der Waals surface area contributed by atoms with E-state index in [0.717, 1.165) is 11.1 Å². The highest BCUT2D eigenvalue weighted by atomic mass is 35.5. The lowest BCUT2D eigenvalue weighted by Crippen LogP contribution is -1.82. The van der Waals surface area contributed by atoms with Gasteiger partial charge in [-0.05, 0) is 36.4 Å². The van der Waals surface area contributed by atoms with Crippen molar-refractivity contribution in [2.45, 2.75) is 0 Å².